The molecule has 29 heavy (non-hydrogen) atoms. The van der Waals surface area contributed by atoms with Gasteiger partial charge in [-0.25, -0.2) is 4.39 Å². The topological polar surface area (TPSA) is 41.1 Å². The van der Waals surface area contributed by atoms with Crippen molar-refractivity contribution in [1.82, 2.24) is 5.32 Å². The SMILES string of the molecule is O=C(N[C@H](Nc1ccc(F)cc1)C(Cl)(Cl)Cl)C(c1ccccc1)c1ccccc1. The summed E-state index contributed by atoms with van der Waals surface area (Å²) >= 11 is 18.3. The Morgan fingerprint density at radius 1 is 0.793 bits per heavy atom. The highest BCUT2D eigenvalue weighted by atomic mass is 35.6. The molecule has 7 heteroatoms. The molecule has 2 N–H and O–H groups in total. The van der Waals surface area contributed by atoms with Crippen molar-refractivity contribution in [2.45, 2.75) is 15.9 Å². The lowest BCUT2D eigenvalue weighted by atomic mass is 9.90. The molecular weight excluding hydrogens is 434 g/mol. The van der Waals surface area contributed by atoms with Crippen LogP contribution in [0, 0.1) is 5.82 Å². The highest BCUT2D eigenvalue weighted by molar-refractivity contribution is 6.68. The van der Waals surface area contributed by atoms with E-state index in [2.05, 4.69) is 10.6 Å². The number of anilines is 1. The minimum absolute atomic E-state index is 0.340. The number of halogens is 4. The molecule has 3 rings (SSSR count). The fourth-order valence-electron chi connectivity index (χ4n) is 2.92. The van der Waals surface area contributed by atoms with Gasteiger partial charge in [-0.2, -0.15) is 0 Å². The van der Waals surface area contributed by atoms with E-state index >= 15 is 0 Å². The summed E-state index contributed by atoms with van der Waals surface area (Å²) < 4.78 is 11.3. The third-order valence-corrected chi connectivity index (χ3v) is 4.95. The fourth-order valence-corrected chi connectivity index (χ4v) is 3.25. The second kappa shape index (κ2) is 9.49. The summed E-state index contributed by atoms with van der Waals surface area (Å²) in [4.78, 5) is 13.3. The van der Waals surface area contributed by atoms with Gasteiger partial charge in [0.05, 0.1) is 5.92 Å². The molecule has 0 saturated heterocycles. The molecule has 3 aromatic rings. The van der Waals surface area contributed by atoms with Crippen molar-refractivity contribution in [3.63, 3.8) is 0 Å². The van der Waals surface area contributed by atoms with Crippen LogP contribution in [0.15, 0.2) is 84.9 Å². The average molecular weight is 452 g/mol. The molecule has 0 heterocycles. The van der Waals surface area contributed by atoms with E-state index in [0.29, 0.717) is 5.69 Å². The maximum absolute atomic E-state index is 13.3. The summed E-state index contributed by atoms with van der Waals surface area (Å²) in [6.45, 7) is 0. The van der Waals surface area contributed by atoms with Gasteiger partial charge in [-0.15, -0.1) is 0 Å². The van der Waals surface area contributed by atoms with Crippen LogP contribution in [0.25, 0.3) is 0 Å². The standard InChI is InChI=1S/C22H18Cl3FN2O/c23-22(24,25)21(27-18-13-11-17(26)12-14-18)28-20(29)19(15-7-3-1-4-8-15)16-9-5-2-6-10-16/h1-14,19,21,27H,(H,28,29)/t21-/m0/s1. The third kappa shape index (κ3) is 5.86. The van der Waals surface area contributed by atoms with Crippen molar-refractivity contribution in [2.75, 3.05) is 5.32 Å². The first-order valence-electron chi connectivity index (χ1n) is 8.83. The summed E-state index contributed by atoms with van der Waals surface area (Å²) in [5.74, 6) is -1.33. The average Bonchev–Trinajstić information content (AvgIpc) is 2.70. The van der Waals surface area contributed by atoms with Crippen molar-refractivity contribution in [1.29, 1.82) is 0 Å². The van der Waals surface area contributed by atoms with E-state index in [-0.39, 0.29) is 5.91 Å². The smallest absolute Gasteiger partial charge is 0.233 e. The number of carbonyl (C=O) groups is 1. The zero-order chi connectivity index (χ0) is 20.9. The van der Waals surface area contributed by atoms with Crippen molar-refractivity contribution in [3.8, 4) is 0 Å². The van der Waals surface area contributed by atoms with Gasteiger partial charge in [-0.05, 0) is 35.4 Å². The largest absolute Gasteiger partial charge is 0.362 e. The fraction of sp³-hybridized carbons (Fsp3) is 0.136. The minimum atomic E-state index is -1.85. The number of benzene rings is 3. The van der Waals surface area contributed by atoms with Crippen LogP contribution in [0.3, 0.4) is 0 Å². The van der Waals surface area contributed by atoms with Crippen LogP contribution in [-0.2, 0) is 4.79 Å². The van der Waals surface area contributed by atoms with E-state index in [1.165, 1.54) is 24.3 Å². The van der Waals surface area contributed by atoms with Gasteiger partial charge in [-0.1, -0.05) is 95.5 Å². The Morgan fingerprint density at radius 2 is 1.28 bits per heavy atom. The van der Waals surface area contributed by atoms with Gasteiger partial charge >= 0.3 is 0 Å². The Balaban J connectivity index is 1.88. The zero-order valence-electron chi connectivity index (χ0n) is 15.2. The summed E-state index contributed by atoms with van der Waals surface area (Å²) in [7, 11) is 0. The number of carbonyl (C=O) groups excluding carboxylic acids is 1. The lowest BCUT2D eigenvalue weighted by molar-refractivity contribution is -0.122. The Labute approximate surface area is 183 Å². The van der Waals surface area contributed by atoms with Gasteiger partial charge in [0.15, 0.2) is 0 Å². The molecule has 3 aromatic carbocycles. The predicted molar refractivity (Wildman–Crippen MR) is 117 cm³/mol. The van der Waals surface area contributed by atoms with Crippen LogP contribution in [0.1, 0.15) is 17.0 Å². The van der Waals surface area contributed by atoms with E-state index in [1.807, 2.05) is 60.7 Å². The zero-order valence-corrected chi connectivity index (χ0v) is 17.4. The Bertz CT molecular complexity index is 892. The molecule has 1 amide bonds. The molecule has 0 bridgehead atoms. The van der Waals surface area contributed by atoms with Crippen LogP contribution < -0.4 is 10.6 Å². The summed E-state index contributed by atoms with van der Waals surface area (Å²) in [6.07, 6.45) is -1.04. The molecule has 0 radical (unpaired) electrons. The quantitative estimate of drug-likeness (QED) is 0.363. The van der Waals surface area contributed by atoms with Gasteiger partial charge in [0.1, 0.15) is 12.0 Å². The molecule has 0 aromatic heterocycles. The molecule has 0 spiro atoms. The molecule has 0 fully saturated rings. The van der Waals surface area contributed by atoms with E-state index in [4.69, 9.17) is 34.8 Å². The molecule has 0 aliphatic rings. The van der Waals surface area contributed by atoms with Crippen LogP contribution >= 0.6 is 34.8 Å². The molecule has 3 nitrogen and oxygen atoms in total. The van der Waals surface area contributed by atoms with Crippen LogP contribution in [-0.4, -0.2) is 15.9 Å². The molecular formula is C22H18Cl3FN2O. The first-order valence-corrected chi connectivity index (χ1v) is 9.97. The van der Waals surface area contributed by atoms with Gasteiger partial charge in [0.25, 0.3) is 0 Å². The molecule has 0 aliphatic carbocycles. The van der Waals surface area contributed by atoms with Crippen molar-refractivity contribution in [3.05, 3.63) is 102 Å². The number of alkyl halides is 3. The van der Waals surface area contributed by atoms with Gasteiger partial charge in [0, 0.05) is 5.69 Å². The lowest BCUT2D eigenvalue weighted by Crippen LogP contribution is -2.50. The number of hydrogen-bond donors (Lipinski definition) is 2. The second-order valence-electron chi connectivity index (χ2n) is 6.39. The normalized spacial score (nSPS) is 12.4. The number of rotatable bonds is 6. The minimum Gasteiger partial charge on any atom is -0.362 e. The Hall–Kier alpha value is -2.27. The van der Waals surface area contributed by atoms with Gasteiger partial charge in [-0.3, -0.25) is 4.79 Å². The lowest BCUT2D eigenvalue weighted by Gasteiger charge is -2.29. The maximum atomic E-state index is 13.3. The Kier molecular flexibility index (Phi) is 7.01. The molecule has 0 unspecified atom stereocenters. The van der Waals surface area contributed by atoms with E-state index in [9.17, 15) is 9.18 Å². The summed E-state index contributed by atoms with van der Waals surface area (Å²) in [6, 6.07) is 24.2. The first-order chi connectivity index (χ1) is 13.8. The second-order valence-corrected chi connectivity index (χ2v) is 8.76. The molecule has 1 atom stereocenters. The maximum Gasteiger partial charge on any atom is 0.233 e. The highest BCUT2D eigenvalue weighted by Crippen LogP contribution is 2.32. The van der Waals surface area contributed by atoms with Crippen molar-refractivity contribution < 1.29 is 9.18 Å². The van der Waals surface area contributed by atoms with Crippen LogP contribution in [0.2, 0.25) is 0 Å². The van der Waals surface area contributed by atoms with E-state index < -0.39 is 21.7 Å². The van der Waals surface area contributed by atoms with Gasteiger partial charge < -0.3 is 10.6 Å². The predicted octanol–water partition coefficient (Wildman–Crippen LogP) is 5.88. The van der Waals surface area contributed by atoms with Crippen LogP contribution in [0.4, 0.5) is 10.1 Å². The number of nitrogens with one attached hydrogen (secondary N) is 2. The number of amides is 1. The third-order valence-electron chi connectivity index (χ3n) is 4.30. The number of hydrogen-bond acceptors (Lipinski definition) is 2. The monoisotopic (exact) mass is 450 g/mol. The Morgan fingerprint density at radius 3 is 1.72 bits per heavy atom. The van der Waals surface area contributed by atoms with E-state index in [1.54, 1.807) is 0 Å². The molecule has 0 saturated carbocycles. The van der Waals surface area contributed by atoms with Crippen molar-refractivity contribution in [2.24, 2.45) is 0 Å². The molecule has 150 valence electrons. The molecule has 0 aliphatic heterocycles. The summed E-state index contributed by atoms with van der Waals surface area (Å²) in [5.41, 5.74) is 2.11. The van der Waals surface area contributed by atoms with E-state index in [0.717, 1.165) is 11.1 Å². The first kappa shape index (κ1) is 21.4. The highest BCUT2D eigenvalue weighted by Gasteiger charge is 2.36. The summed E-state index contributed by atoms with van der Waals surface area (Å²) in [5, 5.41) is 5.72. The van der Waals surface area contributed by atoms with Gasteiger partial charge in [0.2, 0.25) is 9.70 Å². The van der Waals surface area contributed by atoms with Crippen molar-refractivity contribution >= 4 is 46.4 Å². The van der Waals surface area contributed by atoms with Crippen LogP contribution in [0.5, 0.6) is 0 Å².